The molecule has 0 saturated carbocycles. The van der Waals surface area contributed by atoms with Crippen LogP contribution >= 0.6 is 0 Å². The lowest BCUT2D eigenvalue weighted by Crippen LogP contribution is -2.26. The van der Waals surface area contributed by atoms with E-state index in [-0.39, 0.29) is 5.91 Å². The number of amides is 1. The number of rotatable bonds is 4. The van der Waals surface area contributed by atoms with Crippen molar-refractivity contribution in [2.75, 3.05) is 11.9 Å². The molecule has 0 spiro atoms. The molecule has 2 aromatic carbocycles. The molecule has 21 heavy (non-hydrogen) atoms. The summed E-state index contributed by atoms with van der Waals surface area (Å²) in [5.74, 6) is 0.0971. The normalized spacial score (nSPS) is 10.7. The molecule has 3 aromatic rings. The molecule has 0 aliphatic heterocycles. The monoisotopic (exact) mass is 279 g/mol. The third-order valence-corrected chi connectivity index (χ3v) is 3.65. The molecule has 0 aliphatic carbocycles. The molecular weight excluding hydrogens is 262 g/mol. The maximum atomic E-state index is 12.3. The van der Waals surface area contributed by atoms with Crippen LogP contribution in [0.4, 0.5) is 5.69 Å². The average molecular weight is 279 g/mol. The van der Waals surface area contributed by atoms with Gasteiger partial charge in [0, 0.05) is 30.2 Å². The van der Waals surface area contributed by atoms with Gasteiger partial charge in [-0.25, -0.2) is 0 Å². The van der Waals surface area contributed by atoms with Gasteiger partial charge in [-0.2, -0.15) is 5.10 Å². The van der Waals surface area contributed by atoms with Crippen LogP contribution in [0.3, 0.4) is 0 Å². The lowest BCUT2D eigenvalue weighted by molar-refractivity contribution is -0.118. The van der Waals surface area contributed by atoms with Crippen LogP contribution in [0.5, 0.6) is 0 Å². The van der Waals surface area contributed by atoms with Crippen molar-refractivity contribution in [1.29, 1.82) is 0 Å². The Balaban J connectivity index is 1.69. The molecule has 1 amide bonds. The second-order valence-electron chi connectivity index (χ2n) is 5.01. The number of anilines is 1. The lowest BCUT2D eigenvalue weighted by atomic mass is 10.1. The lowest BCUT2D eigenvalue weighted by Gasteiger charge is -2.16. The minimum absolute atomic E-state index is 0.0971. The van der Waals surface area contributed by atoms with Gasteiger partial charge in [0.15, 0.2) is 0 Å². The number of benzene rings is 2. The highest BCUT2D eigenvalue weighted by atomic mass is 16.2. The third-order valence-electron chi connectivity index (χ3n) is 3.65. The smallest absolute Gasteiger partial charge is 0.227 e. The zero-order valence-electron chi connectivity index (χ0n) is 11.9. The van der Waals surface area contributed by atoms with E-state index in [0.717, 1.165) is 22.3 Å². The first kappa shape index (κ1) is 13.4. The summed E-state index contributed by atoms with van der Waals surface area (Å²) < 4.78 is 0. The first-order chi connectivity index (χ1) is 10.3. The summed E-state index contributed by atoms with van der Waals surface area (Å²) in [6.07, 6.45) is 1.12. The van der Waals surface area contributed by atoms with Gasteiger partial charge < -0.3 is 4.90 Å². The zero-order chi connectivity index (χ0) is 14.7. The van der Waals surface area contributed by atoms with Gasteiger partial charge in [-0.3, -0.25) is 9.89 Å². The summed E-state index contributed by atoms with van der Waals surface area (Å²) in [5.41, 5.74) is 2.87. The maximum Gasteiger partial charge on any atom is 0.227 e. The minimum Gasteiger partial charge on any atom is -0.315 e. The molecule has 3 rings (SSSR count). The van der Waals surface area contributed by atoms with Crippen LogP contribution in [0, 0.1) is 0 Å². The number of carbonyl (C=O) groups is 1. The second kappa shape index (κ2) is 5.79. The van der Waals surface area contributed by atoms with Gasteiger partial charge in [0.2, 0.25) is 5.91 Å². The van der Waals surface area contributed by atoms with Crippen molar-refractivity contribution >= 4 is 22.5 Å². The average Bonchev–Trinajstić information content (AvgIpc) is 2.96. The first-order valence-electron chi connectivity index (χ1n) is 6.99. The Kier molecular flexibility index (Phi) is 3.69. The molecule has 0 unspecified atom stereocenters. The zero-order valence-corrected chi connectivity index (χ0v) is 11.9. The molecule has 0 atom stereocenters. The van der Waals surface area contributed by atoms with Crippen molar-refractivity contribution in [2.24, 2.45) is 0 Å². The molecular formula is C17H17N3O. The summed E-state index contributed by atoms with van der Waals surface area (Å²) >= 11 is 0. The number of fused-ring (bicyclic) bond motifs is 1. The number of carbonyl (C=O) groups excluding carboxylic acids is 1. The Labute approximate surface area is 123 Å². The van der Waals surface area contributed by atoms with Gasteiger partial charge in [-0.1, -0.05) is 36.4 Å². The van der Waals surface area contributed by atoms with E-state index < -0.39 is 0 Å². The molecule has 0 fully saturated rings. The van der Waals surface area contributed by atoms with E-state index in [1.165, 1.54) is 0 Å². The van der Waals surface area contributed by atoms with Crippen LogP contribution in [0.15, 0.2) is 54.6 Å². The van der Waals surface area contributed by atoms with Crippen LogP contribution in [-0.2, 0) is 11.2 Å². The van der Waals surface area contributed by atoms with Gasteiger partial charge in [0.1, 0.15) is 0 Å². The molecule has 1 N–H and O–H groups in total. The second-order valence-corrected chi connectivity index (χ2v) is 5.01. The predicted octanol–water partition coefficient (Wildman–Crippen LogP) is 3.16. The molecule has 0 saturated heterocycles. The molecule has 1 heterocycles. The van der Waals surface area contributed by atoms with Gasteiger partial charge in [0.25, 0.3) is 0 Å². The number of hydrogen-bond donors (Lipinski definition) is 1. The Morgan fingerprint density at radius 2 is 1.81 bits per heavy atom. The summed E-state index contributed by atoms with van der Waals surface area (Å²) in [5, 5.41) is 8.37. The highest BCUT2D eigenvalue weighted by Gasteiger charge is 2.12. The molecule has 0 radical (unpaired) electrons. The topological polar surface area (TPSA) is 49.0 Å². The van der Waals surface area contributed by atoms with Gasteiger partial charge >= 0.3 is 0 Å². The number of aromatic nitrogens is 2. The van der Waals surface area contributed by atoms with E-state index in [1.54, 1.807) is 4.90 Å². The van der Waals surface area contributed by atoms with E-state index in [1.807, 2.05) is 61.6 Å². The molecule has 4 heteroatoms. The Bertz CT molecular complexity index is 749. The van der Waals surface area contributed by atoms with Crippen molar-refractivity contribution in [3.05, 3.63) is 60.3 Å². The number of hydrogen-bond acceptors (Lipinski definition) is 2. The quantitative estimate of drug-likeness (QED) is 0.797. The predicted molar refractivity (Wildman–Crippen MR) is 84.3 cm³/mol. The SMILES string of the molecule is CN(C(=O)CCc1[nH]nc2ccccc12)c1ccccc1. The molecule has 4 nitrogen and oxygen atoms in total. The number of aryl methyl sites for hydroxylation is 1. The number of nitrogens with zero attached hydrogens (tertiary/aromatic N) is 2. The molecule has 0 aliphatic rings. The van der Waals surface area contributed by atoms with Gasteiger partial charge in [0.05, 0.1) is 5.52 Å². The standard InChI is InChI=1S/C17H17N3O/c1-20(13-7-3-2-4-8-13)17(21)12-11-16-14-9-5-6-10-15(14)18-19-16/h2-10H,11-12H2,1H3,(H,18,19). The van der Waals surface area contributed by atoms with Crippen molar-refractivity contribution in [3.8, 4) is 0 Å². The molecule has 1 aromatic heterocycles. The summed E-state index contributed by atoms with van der Waals surface area (Å²) in [6, 6.07) is 17.6. The van der Waals surface area contributed by atoms with E-state index in [4.69, 9.17) is 0 Å². The summed E-state index contributed by atoms with van der Waals surface area (Å²) in [4.78, 5) is 14.0. The Morgan fingerprint density at radius 1 is 1.10 bits per heavy atom. The fourth-order valence-electron chi connectivity index (χ4n) is 2.40. The largest absolute Gasteiger partial charge is 0.315 e. The van der Waals surface area contributed by atoms with Crippen molar-refractivity contribution in [2.45, 2.75) is 12.8 Å². The molecule has 106 valence electrons. The summed E-state index contributed by atoms with van der Waals surface area (Å²) in [6.45, 7) is 0. The van der Waals surface area contributed by atoms with Gasteiger partial charge in [-0.15, -0.1) is 0 Å². The van der Waals surface area contributed by atoms with E-state index in [9.17, 15) is 4.79 Å². The Morgan fingerprint density at radius 3 is 2.62 bits per heavy atom. The minimum atomic E-state index is 0.0971. The highest BCUT2D eigenvalue weighted by molar-refractivity contribution is 5.93. The van der Waals surface area contributed by atoms with Gasteiger partial charge in [-0.05, 0) is 24.6 Å². The molecule has 0 bridgehead atoms. The Hall–Kier alpha value is -2.62. The van der Waals surface area contributed by atoms with E-state index in [0.29, 0.717) is 12.8 Å². The first-order valence-corrected chi connectivity index (χ1v) is 6.99. The van der Waals surface area contributed by atoms with Crippen LogP contribution in [0.2, 0.25) is 0 Å². The highest BCUT2D eigenvalue weighted by Crippen LogP contribution is 2.18. The van der Waals surface area contributed by atoms with Crippen LogP contribution in [-0.4, -0.2) is 23.2 Å². The number of nitrogens with one attached hydrogen (secondary N) is 1. The van der Waals surface area contributed by atoms with E-state index in [2.05, 4.69) is 10.2 Å². The van der Waals surface area contributed by atoms with Crippen LogP contribution in [0.1, 0.15) is 12.1 Å². The number of para-hydroxylation sites is 2. The van der Waals surface area contributed by atoms with E-state index >= 15 is 0 Å². The third kappa shape index (κ3) is 2.79. The van der Waals surface area contributed by atoms with Crippen molar-refractivity contribution in [3.63, 3.8) is 0 Å². The maximum absolute atomic E-state index is 12.3. The fraction of sp³-hybridized carbons (Fsp3) is 0.176. The van der Waals surface area contributed by atoms with Crippen molar-refractivity contribution < 1.29 is 4.79 Å². The number of H-pyrrole nitrogens is 1. The summed E-state index contributed by atoms with van der Waals surface area (Å²) in [7, 11) is 1.81. The number of aromatic amines is 1. The van der Waals surface area contributed by atoms with Crippen molar-refractivity contribution in [1.82, 2.24) is 10.2 Å². The van der Waals surface area contributed by atoms with Crippen LogP contribution in [0.25, 0.3) is 10.9 Å². The fourth-order valence-corrected chi connectivity index (χ4v) is 2.40. The van der Waals surface area contributed by atoms with Crippen LogP contribution < -0.4 is 4.90 Å².